The number of fused-ring (bicyclic) bond motifs is 3. The van der Waals surface area contributed by atoms with Crippen LogP contribution in [0.4, 0.5) is 0 Å². The van der Waals surface area contributed by atoms with Gasteiger partial charge < -0.3 is 10.2 Å². The first-order chi connectivity index (χ1) is 8.53. The summed E-state index contributed by atoms with van der Waals surface area (Å²) in [6.45, 7) is 0. The van der Waals surface area contributed by atoms with E-state index in [9.17, 15) is 8.42 Å². The van der Waals surface area contributed by atoms with E-state index in [0.29, 0.717) is 11.8 Å². The molecule has 0 amide bonds. The Morgan fingerprint density at radius 2 is 2.00 bits per heavy atom. The van der Waals surface area contributed by atoms with E-state index in [-0.39, 0.29) is 17.8 Å². The van der Waals surface area contributed by atoms with Crippen LogP contribution in [0.25, 0.3) is 0 Å². The van der Waals surface area contributed by atoms with Gasteiger partial charge in [-0.3, -0.25) is 0 Å². The van der Waals surface area contributed by atoms with Gasteiger partial charge in [0, 0.05) is 6.04 Å². The van der Waals surface area contributed by atoms with Crippen LogP contribution in [0.1, 0.15) is 25.7 Å². The predicted molar refractivity (Wildman–Crippen MR) is 73.0 cm³/mol. The van der Waals surface area contributed by atoms with Crippen LogP contribution >= 0.6 is 12.2 Å². The fraction of sp³-hybridized carbons (Fsp3) is 0.917. The number of rotatable bonds is 1. The second kappa shape index (κ2) is 3.60. The van der Waals surface area contributed by atoms with Gasteiger partial charge in [-0.1, -0.05) is 6.42 Å². The van der Waals surface area contributed by atoms with E-state index in [1.54, 1.807) is 0 Å². The summed E-state index contributed by atoms with van der Waals surface area (Å²) in [6.07, 6.45) is 5.21. The maximum atomic E-state index is 11.8. The molecule has 2 saturated carbocycles. The molecule has 5 atom stereocenters. The number of nitrogens with one attached hydrogen (secondary N) is 1. The SMILES string of the molecule is O=S1(=O)C[C@@H]2NC(=S)N([C@H]3C[C@H]4CC[C@H]3C4)[C@H]2C1. The molecule has 2 heterocycles. The Morgan fingerprint density at radius 3 is 2.67 bits per heavy atom. The van der Waals surface area contributed by atoms with Crippen molar-refractivity contribution in [2.24, 2.45) is 11.8 Å². The van der Waals surface area contributed by atoms with Crippen LogP contribution in [-0.4, -0.2) is 48.1 Å². The second-order valence-corrected chi connectivity index (χ2v) is 8.89. The van der Waals surface area contributed by atoms with Gasteiger partial charge >= 0.3 is 0 Å². The van der Waals surface area contributed by atoms with Crippen LogP contribution in [0, 0.1) is 11.8 Å². The van der Waals surface area contributed by atoms with Crippen LogP contribution in [0.2, 0.25) is 0 Å². The molecule has 2 aliphatic carbocycles. The van der Waals surface area contributed by atoms with Crippen molar-refractivity contribution in [1.82, 2.24) is 10.2 Å². The van der Waals surface area contributed by atoms with Gasteiger partial charge in [0.05, 0.1) is 23.6 Å². The van der Waals surface area contributed by atoms with Crippen molar-refractivity contribution in [1.29, 1.82) is 0 Å². The van der Waals surface area contributed by atoms with Gasteiger partial charge in [-0.2, -0.15) is 0 Å². The highest BCUT2D eigenvalue weighted by Gasteiger charge is 2.53. The standard InChI is InChI=1S/C12H18N2O2S2/c15-18(16)5-9-11(6-18)14(12(17)13-9)10-4-7-1-2-8(10)3-7/h7-11H,1-6H2,(H,13,17)/t7-,8-,9-,10-,11-/m0/s1. The lowest BCUT2D eigenvalue weighted by Gasteiger charge is -2.35. The van der Waals surface area contributed by atoms with E-state index in [0.717, 1.165) is 16.9 Å². The lowest BCUT2D eigenvalue weighted by Crippen LogP contribution is -2.46. The van der Waals surface area contributed by atoms with E-state index in [4.69, 9.17) is 12.2 Å². The van der Waals surface area contributed by atoms with Crippen molar-refractivity contribution < 1.29 is 8.42 Å². The van der Waals surface area contributed by atoms with E-state index >= 15 is 0 Å². The van der Waals surface area contributed by atoms with E-state index < -0.39 is 9.84 Å². The molecule has 0 aromatic carbocycles. The smallest absolute Gasteiger partial charge is 0.169 e. The number of thiocarbonyl (C=S) groups is 1. The third kappa shape index (κ3) is 1.54. The normalized spacial score (nSPS) is 48.6. The molecular formula is C12H18N2O2S2. The van der Waals surface area contributed by atoms with Crippen molar-refractivity contribution >= 4 is 27.2 Å². The predicted octanol–water partition coefficient (Wildman–Crippen LogP) is 0.531. The zero-order chi connectivity index (χ0) is 12.5. The molecule has 18 heavy (non-hydrogen) atoms. The molecule has 2 aliphatic heterocycles. The van der Waals surface area contributed by atoms with Crippen LogP contribution in [0.3, 0.4) is 0 Å². The van der Waals surface area contributed by atoms with Crippen LogP contribution in [-0.2, 0) is 9.84 Å². The molecule has 100 valence electrons. The zero-order valence-electron chi connectivity index (χ0n) is 10.2. The molecule has 6 heteroatoms. The summed E-state index contributed by atoms with van der Waals surface area (Å²) in [7, 11) is -2.87. The largest absolute Gasteiger partial charge is 0.357 e. The fourth-order valence-corrected chi connectivity index (χ4v) is 6.90. The Labute approximate surface area is 113 Å². The van der Waals surface area contributed by atoms with Crippen molar-refractivity contribution in [3.63, 3.8) is 0 Å². The summed E-state index contributed by atoms with van der Waals surface area (Å²) in [6, 6.07) is 0.653. The van der Waals surface area contributed by atoms with Gasteiger partial charge in [0.25, 0.3) is 0 Å². The molecule has 0 unspecified atom stereocenters. The van der Waals surface area contributed by atoms with E-state index in [1.807, 2.05) is 0 Å². The first kappa shape index (κ1) is 11.5. The lowest BCUT2D eigenvalue weighted by molar-refractivity contribution is 0.200. The van der Waals surface area contributed by atoms with Gasteiger partial charge in [0.2, 0.25) is 0 Å². The molecule has 4 fully saturated rings. The molecule has 4 rings (SSSR count). The number of sulfone groups is 1. The Hall–Kier alpha value is -0.360. The van der Waals surface area contributed by atoms with Crippen molar-refractivity contribution in [3.05, 3.63) is 0 Å². The molecule has 4 aliphatic rings. The molecular weight excluding hydrogens is 268 g/mol. The molecule has 4 nitrogen and oxygen atoms in total. The minimum atomic E-state index is -2.87. The summed E-state index contributed by atoms with van der Waals surface area (Å²) in [5.41, 5.74) is 0. The van der Waals surface area contributed by atoms with Crippen molar-refractivity contribution in [2.45, 2.75) is 43.8 Å². The average Bonchev–Trinajstić information content (AvgIpc) is 2.96. The highest BCUT2D eigenvalue weighted by molar-refractivity contribution is 7.91. The van der Waals surface area contributed by atoms with Gasteiger partial charge in [0.1, 0.15) is 0 Å². The Bertz CT molecular complexity index is 504. The zero-order valence-corrected chi connectivity index (χ0v) is 11.8. The Balaban J connectivity index is 1.62. The molecule has 0 aromatic heterocycles. The topological polar surface area (TPSA) is 49.4 Å². The maximum absolute atomic E-state index is 11.8. The lowest BCUT2D eigenvalue weighted by atomic mass is 9.93. The fourth-order valence-electron chi connectivity index (χ4n) is 4.57. The van der Waals surface area contributed by atoms with Gasteiger partial charge in [-0.05, 0) is 43.3 Å². The summed E-state index contributed by atoms with van der Waals surface area (Å²) in [5, 5.41) is 4.04. The molecule has 0 spiro atoms. The molecule has 2 bridgehead atoms. The Morgan fingerprint density at radius 1 is 1.17 bits per heavy atom. The highest BCUT2D eigenvalue weighted by atomic mass is 32.2. The summed E-state index contributed by atoms with van der Waals surface area (Å²) < 4.78 is 23.5. The number of nitrogens with zero attached hydrogens (tertiary/aromatic N) is 1. The molecule has 0 aromatic rings. The van der Waals surface area contributed by atoms with E-state index in [2.05, 4.69) is 10.2 Å². The second-order valence-electron chi connectivity index (χ2n) is 6.35. The van der Waals surface area contributed by atoms with Gasteiger partial charge in [-0.25, -0.2) is 8.42 Å². The first-order valence-electron chi connectivity index (χ1n) is 6.83. The minimum Gasteiger partial charge on any atom is -0.357 e. The Kier molecular flexibility index (Phi) is 2.29. The molecule has 0 radical (unpaired) electrons. The first-order valence-corrected chi connectivity index (χ1v) is 9.06. The molecule has 1 N–H and O–H groups in total. The summed E-state index contributed by atoms with van der Waals surface area (Å²) >= 11 is 5.44. The van der Waals surface area contributed by atoms with Gasteiger partial charge in [-0.15, -0.1) is 0 Å². The summed E-state index contributed by atoms with van der Waals surface area (Å²) in [5.74, 6) is 2.16. The average molecular weight is 286 g/mol. The minimum absolute atomic E-state index is 0.0432. The monoisotopic (exact) mass is 286 g/mol. The quantitative estimate of drug-likeness (QED) is 0.713. The van der Waals surface area contributed by atoms with Crippen molar-refractivity contribution in [2.75, 3.05) is 11.5 Å². The van der Waals surface area contributed by atoms with Crippen LogP contribution < -0.4 is 5.32 Å². The number of hydrogen-bond donors (Lipinski definition) is 1. The van der Waals surface area contributed by atoms with E-state index in [1.165, 1.54) is 25.7 Å². The van der Waals surface area contributed by atoms with Crippen molar-refractivity contribution in [3.8, 4) is 0 Å². The van der Waals surface area contributed by atoms with Crippen LogP contribution in [0.15, 0.2) is 0 Å². The van der Waals surface area contributed by atoms with Crippen LogP contribution in [0.5, 0.6) is 0 Å². The van der Waals surface area contributed by atoms with Gasteiger partial charge in [0.15, 0.2) is 14.9 Å². The summed E-state index contributed by atoms with van der Waals surface area (Å²) in [4.78, 5) is 2.26. The maximum Gasteiger partial charge on any atom is 0.169 e. The third-order valence-corrected chi connectivity index (χ3v) is 7.33. The number of hydrogen-bond acceptors (Lipinski definition) is 3. The molecule has 2 saturated heterocycles. The third-order valence-electron chi connectivity index (χ3n) is 5.28. The highest BCUT2D eigenvalue weighted by Crippen LogP contribution is 2.48.